The number of unbranched alkanes of at least 4 members (excludes halogenated alkanes) is 9. The van der Waals surface area contributed by atoms with Gasteiger partial charge in [-0.2, -0.15) is 0 Å². The van der Waals surface area contributed by atoms with Gasteiger partial charge in [0.2, 0.25) is 0 Å². The van der Waals surface area contributed by atoms with Gasteiger partial charge in [0.1, 0.15) is 12.6 Å². The van der Waals surface area contributed by atoms with Crippen LogP contribution in [0, 0.1) is 0 Å². The molecule has 0 amide bonds. The number of likely N-dealkylation sites (N-methyl/N-ethyl adjacent to an activating group) is 1. The van der Waals surface area contributed by atoms with E-state index in [2.05, 4.69) is 46.3 Å². The Bertz CT molecular complexity index is 1220. The quantitative estimate of drug-likeness (QED) is 0.0586. The lowest BCUT2D eigenvalue weighted by Gasteiger charge is -2.32. The molecule has 7 nitrogen and oxygen atoms in total. The molecule has 48 heavy (non-hydrogen) atoms. The van der Waals surface area contributed by atoms with Gasteiger partial charge >= 0.3 is 5.97 Å². The molecule has 0 aromatic heterocycles. The van der Waals surface area contributed by atoms with Crippen molar-refractivity contribution in [2.45, 2.75) is 91.1 Å². The smallest absolute Gasteiger partial charge is 0.330 e. The van der Waals surface area contributed by atoms with Crippen molar-refractivity contribution in [3.8, 4) is 0 Å². The van der Waals surface area contributed by atoms with Crippen LogP contribution in [0.1, 0.15) is 96.1 Å². The van der Waals surface area contributed by atoms with E-state index in [0.717, 1.165) is 39.8 Å². The van der Waals surface area contributed by atoms with Crippen molar-refractivity contribution in [2.24, 2.45) is 0 Å². The highest BCUT2D eigenvalue weighted by atomic mass is 16.4. The molecular weight excluding hydrogens is 602 g/mol. The lowest BCUT2D eigenvalue weighted by Crippen LogP contribution is -2.42. The number of carbonyl (C=O) groups is 2. The average molecular weight is 664 g/mol. The Morgan fingerprint density at radius 3 is 1.67 bits per heavy atom. The zero-order chi connectivity index (χ0) is 36.4. The summed E-state index contributed by atoms with van der Waals surface area (Å²) in [6.45, 7) is 13.0. The van der Waals surface area contributed by atoms with Gasteiger partial charge in [-0.3, -0.25) is 0 Å². The number of carboxylic acid groups (broad SMARTS) is 2. The lowest BCUT2D eigenvalue weighted by molar-refractivity contribution is -0.883. The van der Waals surface area contributed by atoms with Crippen molar-refractivity contribution in [1.29, 1.82) is 0 Å². The molecule has 0 spiro atoms. The van der Waals surface area contributed by atoms with E-state index in [0.29, 0.717) is 0 Å². The molecule has 0 heterocycles. The molecule has 2 rings (SSSR count). The molecule has 7 heteroatoms. The van der Waals surface area contributed by atoms with E-state index in [9.17, 15) is 24.9 Å². The first-order chi connectivity index (χ1) is 22.8. The van der Waals surface area contributed by atoms with Crippen molar-refractivity contribution >= 4 is 23.6 Å². The molecule has 0 fully saturated rings. The second-order valence-electron chi connectivity index (χ2n) is 12.9. The van der Waals surface area contributed by atoms with Gasteiger partial charge < -0.3 is 29.7 Å². The summed E-state index contributed by atoms with van der Waals surface area (Å²) in [5.41, 5.74) is 4.31. The third kappa shape index (κ3) is 21.9. The Labute approximate surface area is 290 Å². The molecule has 0 radical (unpaired) electrons. The summed E-state index contributed by atoms with van der Waals surface area (Å²) in [5.74, 6) is -2.12. The number of quaternary nitrogens is 1. The Morgan fingerprint density at radius 2 is 1.25 bits per heavy atom. The van der Waals surface area contributed by atoms with Crippen LogP contribution in [-0.2, 0) is 9.59 Å². The molecule has 2 aromatic rings. The summed E-state index contributed by atoms with van der Waals surface area (Å²) in [6.07, 6.45) is 16.5. The molecule has 1 unspecified atom stereocenters. The maximum absolute atomic E-state index is 10.8. The van der Waals surface area contributed by atoms with E-state index >= 15 is 0 Å². The Hall–Kier alpha value is -3.78. The summed E-state index contributed by atoms with van der Waals surface area (Å²) >= 11 is 0. The second-order valence-corrected chi connectivity index (χ2v) is 12.9. The van der Waals surface area contributed by atoms with Crippen molar-refractivity contribution in [3.05, 3.63) is 108 Å². The molecular formula is C41H61NO6. The van der Waals surface area contributed by atoms with Gasteiger partial charge in [0.15, 0.2) is 0 Å². The first kappa shape index (κ1) is 44.2. The van der Waals surface area contributed by atoms with E-state index in [1.807, 2.05) is 60.7 Å². The highest BCUT2D eigenvalue weighted by molar-refractivity contribution is 5.84. The molecule has 2 aromatic carbocycles. The van der Waals surface area contributed by atoms with Crippen LogP contribution in [0.5, 0.6) is 0 Å². The van der Waals surface area contributed by atoms with Crippen molar-refractivity contribution in [2.75, 3.05) is 33.8 Å². The minimum atomic E-state index is -1.19. The summed E-state index contributed by atoms with van der Waals surface area (Å²) < 4.78 is 0.849. The zero-order valence-electron chi connectivity index (χ0n) is 30.1. The molecule has 0 aliphatic rings. The van der Waals surface area contributed by atoms with Crippen LogP contribution < -0.4 is 5.11 Å². The number of rotatable bonds is 20. The first-order valence-electron chi connectivity index (χ1n) is 17.1. The molecule has 3 N–H and O–H groups in total. The fraction of sp³-hybridized carbons (Fsp3) is 0.463. The van der Waals surface area contributed by atoms with E-state index in [1.54, 1.807) is 0 Å². The van der Waals surface area contributed by atoms with Crippen LogP contribution in [-0.4, -0.2) is 71.6 Å². The highest BCUT2D eigenvalue weighted by Crippen LogP contribution is 2.26. The van der Waals surface area contributed by atoms with Crippen molar-refractivity contribution < 1.29 is 34.5 Å². The third-order valence-corrected chi connectivity index (χ3v) is 7.67. The van der Waals surface area contributed by atoms with Gasteiger partial charge in [-0.15, -0.1) is 0 Å². The number of carbonyl (C=O) groups excluding carboxylic acids is 1. The van der Waals surface area contributed by atoms with Gasteiger partial charge in [-0.1, -0.05) is 144 Å². The van der Waals surface area contributed by atoms with Crippen LogP contribution in [0.15, 0.2) is 96.6 Å². The maximum Gasteiger partial charge on any atom is 0.330 e. The Kier molecular flexibility index (Phi) is 24.1. The fourth-order valence-electron chi connectivity index (χ4n) is 4.78. The number of nitrogens with zero attached hydrogens (tertiary/aromatic N) is 1. The maximum atomic E-state index is 10.8. The van der Waals surface area contributed by atoms with Crippen molar-refractivity contribution in [1.82, 2.24) is 0 Å². The van der Waals surface area contributed by atoms with Gasteiger partial charge in [-0.25, -0.2) is 4.79 Å². The SMILES string of the molecule is C=C(C)C(=O)O.C=C(C)C(=O)[O-].CCCCCCCCCCCC[N+](C)(C)CC(=C(C=Cc1ccccc1)C(O)CO)c1ccccc1. The second kappa shape index (κ2) is 26.2. The molecule has 0 aliphatic carbocycles. The predicted molar refractivity (Wildman–Crippen MR) is 198 cm³/mol. The molecule has 266 valence electrons. The van der Waals surface area contributed by atoms with Crippen LogP contribution in [0.4, 0.5) is 0 Å². The summed E-state index contributed by atoms with van der Waals surface area (Å²) in [6, 6.07) is 20.4. The van der Waals surface area contributed by atoms with E-state index < -0.39 is 18.0 Å². The molecule has 0 saturated carbocycles. The number of aliphatic carboxylic acids is 2. The topological polar surface area (TPSA) is 118 Å². The molecule has 0 aliphatic heterocycles. The fourth-order valence-corrected chi connectivity index (χ4v) is 4.78. The predicted octanol–water partition coefficient (Wildman–Crippen LogP) is 7.46. The van der Waals surface area contributed by atoms with Crippen LogP contribution >= 0.6 is 0 Å². The number of carboxylic acids is 2. The van der Waals surface area contributed by atoms with E-state index in [-0.39, 0.29) is 17.8 Å². The molecule has 0 bridgehead atoms. The normalized spacial score (nSPS) is 12.1. The van der Waals surface area contributed by atoms with Crippen LogP contribution in [0.2, 0.25) is 0 Å². The number of hydrogen-bond acceptors (Lipinski definition) is 5. The average Bonchev–Trinajstić information content (AvgIpc) is 3.06. The third-order valence-electron chi connectivity index (χ3n) is 7.67. The first-order valence-corrected chi connectivity index (χ1v) is 17.1. The minimum Gasteiger partial charge on any atom is -0.545 e. The lowest BCUT2D eigenvalue weighted by atomic mass is 9.94. The summed E-state index contributed by atoms with van der Waals surface area (Å²) in [4.78, 5) is 19.1. The van der Waals surface area contributed by atoms with Crippen LogP contribution in [0.3, 0.4) is 0 Å². The van der Waals surface area contributed by atoms with Crippen LogP contribution in [0.25, 0.3) is 11.6 Å². The van der Waals surface area contributed by atoms with Crippen molar-refractivity contribution in [3.63, 3.8) is 0 Å². The largest absolute Gasteiger partial charge is 0.545 e. The standard InChI is InChI=1S/C33H50NO2.2C4H6O2/c1-4-5-6-7-8-9-10-11-12-19-26-34(2,3)27-32(30-22-17-14-18-23-30)31(33(36)28-35)25-24-29-20-15-13-16-21-29;2*1-3(2)4(5)6/h13-18,20-25,33,35-36H,4-12,19,26-28H2,1-3H3;2*1H2,2H3,(H,5,6)/q+1;;/p-1. The highest BCUT2D eigenvalue weighted by Gasteiger charge is 2.23. The van der Waals surface area contributed by atoms with Gasteiger partial charge in [0.05, 0.1) is 33.2 Å². The number of aliphatic hydroxyl groups is 2. The Morgan fingerprint density at radius 1 is 0.812 bits per heavy atom. The molecule has 1 atom stereocenters. The van der Waals surface area contributed by atoms with E-state index in [4.69, 9.17) is 5.11 Å². The zero-order valence-corrected chi connectivity index (χ0v) is 30.1. The molecule has 0 saturated heterocycles. The Balaban J connectivity index is 0.00000156. The van der Waals surface area contributed by atoms with Gasteiger partial charge in [0, 0.05) is 11.1 Å². The van der Waals surface area contributed by atoms with E-state index in [1.165, 1.54) is 78.1 Å². The van der Waals surface area contributed by atoms with Gasteiger partial charge in [-0.05, 0) is 49.0 Å². The number of aliphatic hydroxyl groups excluding tert-OH is 2. The number of hydrogen-bond donors (Lipinski definition) is 3. The summed E-state index contributed by atoms with van der Waals surface area (Å²) in [5, 5.41) is 38.1. The monoisotopic (exact) mass is 663 g/mol. The summed E-state index contributed by atoms with van der Waals surface area (Å²) in [7, 11) is 4.56. The minimum absolute atomic E-state index is 0.0648. The number of benzene rings is 2. The van der Waals surface area contributed by atoms with Gasteiger partial charge in [0.25, 0.3) is 0 Å².